The number of carbonyl (C=O) groups is 1. The van der Waals surface area contributed by atoms with Crippen LogP contribution in [0.4, 0.5) is 0 Å². The van der Waals surface area contributed by atoms with Gasteiger partial charge in [-0.05, 0) is 23.4 Å². The van der Waals surface area contributed by atoms with Crippen LogP contribution in [0.15, 0.2) is 48.8 Å². The SMILES string of the molecule is C1=Cc2ccccc2ON1.O=C1C=c2ncccc2=CC1. The van der Waals surface area contributed by atoms with Gasteiger partial charge in [-0.1, -0.05) is 30.3 Å². The molecule has 0 fully saturated rings. The van der Waals surface area contributed by atoms with Gasteiger partial charge in [0.05, 0.1) is 5.35 Å². The number of nitrogens with zero attached hydrogens (tertiary/aromatic N) is 1. The summed E-state index contributed by atoms with van der Waals surface area (Å²) in [7, 11) is 0. The molecule has 4 rings (SSSR count). The molecule has 0 bridgehead atoms. The molecule has 2 heterocycles. The van der Waals surface area contributed by atoms with Crippen molar-refractivity contribution in [2.75, 3.05) is 0 Å². The Morgan fingerprint density at radius 2 is 2.05 bits per heavy atom. The van der Waals surface area contributed by atoms with E-state index in [2.05, 4.69) is 10.5 Å². The molecule has 0 unspecified atom stereocenters. The molecule has 1 aliphatic heterocycles. The van der Waals surface area contributed by atoms with Crippen LogP contribution in [-0.4, -0.2) is 10.8 Å². The minimum Gasteiger partial charge on any atom is -0.382 e. The molecule has 1 aliphatic carbocycles. The maximum Gasteiger partial charge on any atom is 0.162 e. The lowest BCUT2D eigenvalue weighted by molar-refractivity contribution is -0.112. The molecule has 4 heteroatoms. The van der Waals surface area contributed by atoms with Crippen LogP contribution in [0.5, 0.6) is 5.75 Å². The van der Waals surface area contributed by atoms with Gasteiger partial charge < -0.3 is 4.84 Å². The van der Waals surface area contributed by atoms with Gasteiger partial charge >= 0.3 is 0 Å². The summed E-state index contributed by atoms with van der Waals surface area (Å²) >= 11 is 0. The van der Waals surface area contributed by atoms with Crippen LogP contribution in [-0.2, 0) is 4.79 Å². The number of ketones is 1. The fourth-order valence-corrected chi connectivity index (χ4v) is 2.08. The number of para-hydroxylation sites is 1. The Balaban J connectivity index is 0.000000126. The Bertz CT molecular complexity index is 810. The van der Waals surface area contributed by atoms with Crippen molar-refractivity contribution in [1.29, 1.82) is 0 Å². The lowest BCUT2D eigenvalue weighted by Gasteiger charge is -2.11. The molecule has 2 aromatic rings. The second-order valence-electron chi connectivity index (χ2n) is 4.59. The highest BCUT2D eigenvalue weighted by molar-refractivity contribution is 6.08. The first kappa shape index (κ1) is 13.1. The van der Waals surface area contributed by atoms with Crippen molar-refractivity contribution in [2.45, 2.75) is 6.42 Å². The third kappa shape index (κ3) is 3.17. The van der Waals surface area contributed by atoms with Crippen molar-refractivity contribution in [1.82, 2.24) is 10.5 Å². The maximum atomic E-state index is 10.9. The number of hydroxylamine groups is 1. The average molecular weight is 278 g/mol. The van der Waals surface area contributed by atoms with Crippen LogP contribution in [0.2, 0.25) is 0 Å². The zero-order chi connectivity index (χ0) is 14.5. The number of fused-ring (bicyclic) bond motifs is 2. The highest BCUT2D eigenvalue weighted by Gasteiger charge is 2.01. The van der Waals surface area contributed by atoms with Crippen LogP contribution >= 0.6 is 0 Å². The molecule has 0 atom stereocenters. The Morgan fingerprint density at radius 1 is 1.14 bits per heavy atom. The number of Topliss-reactive ketones (excluding diaryl/α,β-unsaturated/α-hetero) is 1. The van der Waals surface area contributed by atoms with Crippen molar-refractivity contribution in [3.8, 4) is 5.75 Å². The molecule has 104 valence electrons. The van der Waals surface area contributed by atoms with Gasteiger partial charge in [0, 0.05) is 30.5 Å². The fourth-order valence-electron chi connectivity index (χ4n) is 2.08. The maximum absolute atomic E-state index is 10.9. The summed E-state index contributed by atoms with van der Waals surface area (Å²) < 4.78 is 0. The quantitative estimate of drug-likeness (QED) is 0.786. The van der Waals surface area contributed by atoms with E-state index in [9.17, 15) is 4.79 Å². The van der Waals surface area contributed by atoms with E-state index in [-0.39, 0.29) is 5.78 Å². The van der Waals surface area contributed by atoms with E-state index in [0.29, 0.717) is 6.42 Å². The standard InChI is InChI=1S/C9H7NO.C8H7NO/c11-8-4-3-7-2-1-5-10-9(7)6-8;1-2-4-8-7(3-1)5-6-9-10-8/h1-3,5-6H,4H2;1-6,9H. The van der Waals surface area contributed by atoms with Crippen LogP contribution < -0.4 is 20.9 Å². The number of rotatable bonds is 0. The molecule has 0 radical (unpaired) electrons. The second-order valence-corrected chi connectivity index (χ2v) is 4.59. The predicted octanol–water partition coefficient (Wildman–Crippen LogP) is 1.17. The lowest BCUT2D eigenvalue weighted by Crippen LogP contribution is -2.31. The highest BCUT2D eigenvalue weighted by atomic mass is 16.6. The molecule has 1 aromatic carbocycles. The molecule has 4 nitrogen and oxygen atoms in total. The lowest BCUT2D eigenvalue weighted by atomic mass is 10.1. The normalized spacial score (nSPS) is 14.0. The number of carbonyl (C=O) groups excluding carboxylic acids is 1. The van der Waals surface area contributed by atoms with E-state index >= 15 is 0 Å². The van der Waals surface area contributed by atoms with Gasteiger partial charge in [0.1, 0.15) is 0 Å². The van der Waals surface area contributed by atoms with Gasteiger partial charge in [-0.3, -0.25) is 9.78 Å². The number of pyridine rings is 1. The molecular weight excluding hydrogens is 264 g/mol. The number of nitrogens with one attached hydrogen (secondary N) is 1. The van der Waals surface area contributed by atoms with Crippen molar-refractivity contribution >= 4 is 24.0 Å². The van der Waals surface area contributed by atoms with Gasteiger partial charge in [0.2, 0.25) is 0 Å². The second kappa shape index (κ2) is 6.05. The monoisotopic (exact) mass is 278 g/mol. The number of aromatic nitrogens is 1. The summed E-state index contributed by atoms with van der Waals surface area (Å²) in [4.78, 5) is 20.0. The Morgan fingerprint density at radius 3 is 2.95 bits per heavy atom. The summed E-state index contributed by atoms with van der Waals surface area (Å²) in [5, 5.41) is 1.86. The zero-order valence-electron chi connectivity index (χ0n) is 11.3. The zero-order valence-corrected chi connectivity index (χ0v) is 11.3. The molecule has 0 saturated heterocycles. The molecule has 2 aliphatic rings. The third-order valence-corrected chi connectivity index (χ3v) is 3.11. The van der Waals surface area contributed by atoms with Crippen molar-refractivity contribution in [3.63, 3.8) is 0 Å². The Hall–Kier alpha value is -2.88. The Labute approximate surface area is 122 Å². The number of hydrogen-bond donors (Lipinski definition) is 1. The molecule has 1 N–H and O–H groups in total. The van der Waals surface area contributed by atoms with Crippen molar-refractivity contribution in [2.24, 2.45) is 0 Å². The van der Waals surface area contributed by atoms with E-state index in [1.165, 1.54) is 0 Å². The Kier molecular flexibility index (Phi) is 3.78. The molecule has 21 heavy (non-hydrogen) atoms. The fraction of sp³-hybridized carbons (Fsp3) is 0.0588. The van der Waals surface area contributed by atoms with Gasteiger partial charge in [-0.2, -0.15) is 0 Å². The number of benzene rings is 1. The van der Waals surface area contributed by atoms with Gasteiger partial charge in [0.25, 0.3) is 0 Å². The van der Waals surface area contributed by atoms with E-state index < -0.39 is 0 Å². The van der Waals surface area contributed by atoms with E-state index in [4.69, 9.17) is 4.84 Å². The van der Waals surface area contributed by atoms with Crippen molar-refractivity contribution in [3.05, 3.63) is 64.9 Å². The van der Waals surface area contributed by atoms with Crippen LogP contribution in [0.3, 0.4) is 0 Å². The van der Waals surface area contributed by atoms with Gasteiger partial charge in [0.15, 0.2) is 11.5 Å². The number of hydrogen-bond acceptors (Lipinski definition) is 4. The summed E-state index contributed by atoms with van der Waals surface area (Å²) in [6.07, 6.45) is 9.45. The highest BCUT2D eigenvalue weighted by Crippen LogP contribution is 2.20. The first-order valence-electron chi connectivity index (χ1n) is 6.67. The molecule has 0 spiro atoms. The minimum atomic E-state index is 0.135. The van der Waals surface area contributed by atoms with Crippen molar-refractivity contribution < 1.29 is 9.63 Å². The molecule has 1 aromatic heterocycles. The van der Waals surface area contributed by atoms with E-state index in [1.54, 1.807) is 18.5 Å². The topological polar surface area (TPSA) is 51.2 Å². The average Bonchev–Trinajstić information content (AvgIpc) is 2.55. The van der Waals surface area contributed by atoms with Crippen LogP contribution in [0.25, 0.3) is 18.2 Å². The van der Waals surface area contributed by atoms with Gasteiger partial charge in [-0.25, -0.2) is 5.48 Å². The van der Waals surface area contributed by atoms with E-state index in [0.717, 1.165) is 21.9 Å². The summed E-state index contributed by atoms with van der Waals surface area (Å²) in [6, 6.07) is 11.7. The summed E-state index contributed by atoms with van der Waals surface area (Å²) in [6.45, 7) is 0. The molecule has 0 saturated carbocycles. The summed E-state index contributed by atoms with van der Waals surface area (Å²) in [5.74, 6) is 1.02. The van der Waals surface area contributed by atoms with Crippen LogP contribution in [0.1, 0.15) is 12.0 Å². The molecule has 0 amide bonds. The third-order valence-electron chi connectivity index (χ3n) is 3.11. The largest absolute Gasteiger partial charge is 0.382 e. The van der Waals surface area contributed by atoms with E-state index in [1.807, 2.05) is 48.6 Å². The van der Waals surface area contributed by atoms with Gasteiger partial charge in [-0.15, -0.1) is 0 Å². The predicted molar refractivity (Wildman–Crippen MR) is 81.3 cm³/mol. The first-order chi connectivity index (χ1) is 10.3. The first-order valence-corrected chi connectivity index (χ1v) is 6.67. The smallest absolute Gasteiger partial charge is 0.162 e. The molecular formula is C17H14N2O2. The summed E-state index contributed by atoms with van der Waals surface area (Å²) in [5.41, 5.74) is 3.77. The van der Waals surface area contributed by atoms with Crippen LogP contribution in [0, 0.1) is 0 Å². The minimum absolute atomic E-state index is 0.135.